The molecular formula is C28H34N2O6. The van der Waals surface area contributed by atoms with Gasteiger partial charge in [0.2, 0.25) is 0 Å². The van der Waals surface area contributed by atoms with Crippen molar-refractivity contribution in [2.45, 2.75) is 26.3 Å². The van der Waals surface area contributed by atoms with E-state index in [2.05, 4.69) is 4.90 Å². The Kier molecular flexibility index (Phi) is 8.61. The number of rotatable bonds is 10. The van der Waals surface area contributed by atoms with Crippen LogP contribution in [-0.4, -0.2) is 79.2 Å². The summed E-state index contributed by atoms with van der Waals surface area (Å²) in [4.78, 5) is 30.4. The number of morpholine rings is 1. The van der Waals surface area contributed by atoms with Gasteiger partial charge in [-0.15, -0.1) is 0 Å². The van der Waals surface area contributed by atoms with Crippen LogP contribution in [0.3, 0.4) is 0 Å². The summed E-state index contributed by atoms with van der Waals surface area (Å²) >= 11 is 0. The molecule has 1 N–H and O–H groups in total. The van der Waals surface area contributed by atoms with Gasteiger partial charge >= 0.3 is 0 Å². The third-order valence-electron chi connectivity index (χ3n) is 6.44. The van der Waals surface area contributed by atoms with E-state index in [-0.39, 0.29) is 11.3 Å². The number of aliphatic hydroxyl groups is 1. The maximum atomic E-state index is 13.3. The van der Waals surface area contributed by atoms with Crippen molar-refractivity contribution in [3.8, 4) is 11.5 Å². The van der Waals surface area contributed by atoms with Gasteiger partial charge in [0.1, 0.15) is 17.3 Å². The van der Waals surface area contributed by atoms with E-state index in [4.69, 9.17) is 14.2 Å². The highest BCUT2D eigenvalue weighted by Crippen LogP contribution is 2.40. The summed E-state index contributed by atoms with van der Waals surface area (Å²) in [6.45, 7) is 9.14. The molecule has 2 aromatic rings. The molecule has 1 atom stereocenters. The molecule has 192 valence electrons. The number of aliphatic hydroxyl groups excluding tert-OH is 1. The predicted octanol–water partition coefficient (Wildman–Crippen LogP) is 3.63. The average Bonchev–Trinajstić information content (AvgIpc) is 3.15. The average molecular weight is 495 g/mol. The largest absolute Gasteiger partial charge is 0.507 e. The number of likely N-dealkylation sites (tertiary alicyclic amines) is 1. The maximum absolute atomic E-state index is 13.3. The fourth-order valence-corrected chi connectivity index (χ4v) is 4.72. The fraction of sp³-hybridized carbons (Fsp3) is 0.429. The van der Waals surface area contributed by atoms with Gasteiger partial charge in [0.05, 0.1) is 38.0 Å². The van der Waals surface area contributed by atoms with E-state index in [1.54, 1.807) is 29.2 Å². The maximum Gasteiger partial charge on any atom is 0.295 e. The normalized spacial score (nSPS) is 20.1. The first kappa shape index (κ1) is 25.7. The first-order valence-corrected chi connectivity index (χ1v) is 12.6. The second-order valence-corrected chi connectivity index (χ2v) is 8.76. The number of carbonyl (C=O) groups excluding carboxylic acids is 2. The van der Waals surface area contributed by atoms with Crippen molar-refractivity contribution in [1.29, 1.82) is 0 Å². The molecular weight excluding hydrogens is 460 g/mol. The molecule has 4 rings (SSSR count). The number of ether oxygens (including phenoxy) is 3. The summed E-state index contributed by atoms with van der Waals surface area (Å²) in [5.74, 6) is -0.164. The Balaban J connectivity index is 1.67. The summed E-state index contributed by atoms with van der Waals surface area (Å²) in [6, 6.07) is 13.5. The lowest BCUT2D eigenvalue weighted by Gasteiger charge is -2.29. The molecule has 1 amide bonds. The molecule has 8 nitrogen and oxygen atoms in total. The second-order valence-electron chi connectivity index (χ2n) is 8.76. The van der Waals surface area contributed by atoms with Gasteiger partial charge in [-0.25, -0.2) is 0 Å². The molecule has 2 aliphatic rings. The van der Waals surface area contributed by atoms with E-state index in [9.17, 15) is 14.7 Å². The number of amides is 1. The Bertz CT molecular complexity index is 1090. The molecule has 2 saturated heterocycles. The number of hydrogen-bond donors (Lipinski definition) is 1. The van der Waals surface area contributed by atoms with Crippen molar-refractivity contribution < 1.29 is 28.9 Å². The molecule has 2 aromatic carbocycles. The zero-order chi connectivity index (χ0) is 25.5. The lowest BCUT2D eigenvalue weighted by molar-refractivity contribution is -0.140. The topological polar surface area (TPSA) is 88.5 Å². The van der Waals surface area contributed by atoms with Gasteiger partial charge in [-0.2, -0.15) is 0 Å². The van der Waals surface area contributed by atoms with Crippen LogP contribution in [0.5, 0.6) is 11.5 Å². The minimum absolute atomic E-state index is 0.0872. The van der Waals surface area contributed by atoms with E-state index >= 15 is 0 Å². The van der Waals surface area contributed by atoms with Crippen LogP contribution in [0.4, 0.5) is 0 Å². The molecule has 0 spiro atoms. The van der Waals surface area contributed by atoms with Gasteiger partial charge in [-0.3, -0.25) is 14.5 Å². The van der Waals surface area contributed by atoms with Crippen LogP contribution in [0, 0.1) is 0 Å². The molecule has 8 heteroatoms. The quantitative estimate of drug-likeness (QED) is 0.307. The fourth-order valence-electron chi connectivity index (χ4n) is 4.72. The molecule has 2 heterocycles. The summed E-state index contributed by atoms with van der Waals surface area (Å²) in [6.07, 6.45) is 0.706. The van der Waals surface area contributed by atoms with Crippen LogP contribution in [0.2, 0.25) is 0 Å². The highest BCUT2D eigenvalue weighted by Gasteiger charge is 2.46. The molecule has 36 heavy (non-hydrogen) atoms. The second kappa shape index (κ2) is 12.1. The zero-order valence-corrected chi connectivity index (χ0v) is 20.9. The van der Waals surface area contributed by atoms with Gasteiger partial charge in [-0.05, 0) is 62.2 Å². The standard InChI is InChI=1S/C28H34N2O6/c1-3-35-22-11-9-20(10-12-22)26(31)24-25(21-7-5-8-23(19-21)36-4-2)30(28(33)27(24)32)14-6-13-29-15-17-34-18-16-29/h5,7-12,19,25,31H,3-4,6,13-18H2,1-2H3/b26-24+. The molecule has 2 fully saturated rings. The van der Waals surface area contributed by atoms with Crippen LogP contribution in [-0.2, 0) is 14.3 Å². The van der Waals surface area contributed by atoms with Crippen molar-refractivity contribution in [1.82, 2.24) is 9.80 Å². The van der Waals surface area contributed by atoms with Crippen LogP contribution in [0.25, 0.3) is 5.76 Å². The van der Waals surface area contributed by atoms with Crippen molar-refractivity contribution >= 4 is 17.4 Å². The molecule has 0 aliphatic carbocycles. The molecule has 0 bridgehead atoms. The van der Waals surface area contributed by atoms with Gasteiger partial charge in [0, 0.05) is 31.7 Å². The minimum Gasteiger partial charge on any atom is -0.507 e. The van der Waals surface area contributed by atoms with Gasteiger partial charge in [0.15, 0.2) is 0 Å². The molecule has 2 aliphatic heterocycles. The molecule has 1 unspecified atom stereocenters. The first-order valence-electron chi connectivity index (χ1n) is 12.6. The van der Waals surface area contributed by atoms with Crippen LogP contribution in [0.1, 0.15) is 37.4 Å². The number of hydrogen-bond acceptors (Lipinski definition) is 7. The Morgan fingerprint density at radius 1 is 0.972 bits per heavy atom. The van der Waals surface area contributed by atoms with Gasteiger partial charge in [-0.1, -0.05) is 12.1 Å². The van der Waals surface area contributed by atoms with E-state index in [1.807, 2.05) is 38.1 Å². The van der Waals surface area contributed by atoms with Gasteiger partial charge < -0.3 is 24.2 Å². The minimum atomic E-state index is -0.707. The van der Waals surface area contributed by atoms with Crippen LogP contribution in [0.15, 0.2) is 54.1 Å². The van der Waals surface area contributed by atoms with Crippen LogP contribution >= 0.6 is 0 Å². The molecule has 0 aromatic heterocycles. The van der Waals surface area contributed by atoms with E-state index in [1.165, 1.54) is 0 Å². The number of carbonyl (C=O) groups is 2. The Morgan fingerprint density at radius 3 is 2.36 bits per heavy atom. The Labute approximate surface area is 212 Å². The summed E-state index contributed by atoms with van der Waals surface area (Å²) in [5.41, 5.74) is 1.26. The predicted molar refractivity (Wildman–Crippen MR) is 136 cm³/mol. The number of Topliss-reactive ketones (excluding diaryl/α,β-unsaturated/α-hetero) is 1. The number of nitrogens with zero attached hydrogens (tertiary/aromatic N) is 2. The number of ketones is 1. The summed E-state index contributed by atoms with van der Waals surface area (Å²) in [7, 11) is 0. The summed E-state index contributed by atoms with van der Waals surface area (Å²) in [5, 5.41) is 11.3. The smallest absolute Gasteiger partial charge is 0.295 e. The Morgan fingerprint density at radius 2 is 1.67 bits per heavy atom. The molecule has 0 saturated carbocycles. The van der Waals surface area contributed by atoms with Crippen molar-refractivity contribution in [2.75, 3.05) is 52.6 Å². The van der Waals surface area contributed by atoms with E-state index in [0.29, 0.717) is 56.5 Å². The van der Waals surface area contributed by atoms with E-state index < -0.39 is 17.7 Å². The van der Waals surface area contributed by atoms with Crippen molar-refractivity contribution in [3.05, 3.63) is 65.2 Å². The number of benzene rings is 2. The van der Waals surface area contributed by atoms with Gasteiger partial charge in [0.25, 0.3) is 11.7 Å². The zero-order valence-electron chi connectivity index (χ0n) is 20.9. The van der Waals surface area contributed by atoms with E-state index in [0.717, 1.165) is 25.2 Å². The van der Waals surface area contributed by atoms with Crippen molar-refractivity contribution in [3.63, 3.8) is 0 Å². The highest BCUT2D eigenvalue weighted by atomic mass is 16.5. The van der Waals surface area contributed by atoms with Crippen LogP contribution < -0.4 is 9.47 Å². The SMILES string of the molecule is CCOc1ccc(/C(O)=C2\C(=O)C(=O)N(CCCN3CCOCC3)C2c2cccc(OCC)c2)cc1. The third kappa shape index (κ3) is 5.71. The Hall–Kier alpha value is -3.36. The molecule has 0 radical (unpaired) electrons. The lowest BCUT2D eigenvalue weighted by atomic mass is 9.95. The monoisotopic (exact) mass is 494 g/mol. The van der Waals surface area contributed by atoms with Crippen molar-refractivity contribution in [2.24, 2.45) is 0 Å². The third-order valence-corrected chi connectivity index (χ3v) is 6.44. The highest BCUT2D eigenvalue weighted by molar-refractivity contribution is 6.46. The lowest BCUT2D eigenvalue weighted by Crippen LogP contribution is -2.38. The first-order chi connectivity index (χ1) is 17.5. The summed E-state index contributed by atoms with van der Waals surface area (Å²) < 4.78 is 16.6.